The van der Waals surface area contributed by atoms with Crippen molar-refractivity contribution in [1.29, 1.82) is 0 Å². The molecule has 1 fully saturated rings. The summed E-state index contributed by atoms with van der Waals surface area (Å²) in [5.41, 5.74) is 1.90. The van der Waals surface area contributed by atoms with E-state index in [2.05, 4.69) is 15.6 Å². The summed E-state index contributed by atoms with van der Waals surface area (Å²) in [4.78, 5) is 16.8. The van der Waals surface area contributed by atoms with Gasteiger partial charge in [-0.05, 0) is 12.1 Å². The summed E-state index contributed by atoms with van der Waals surface area (Å²) in [6.07, 6.45) is 0.410. The first-order valence-corrected chi connectivity index (χ1v) is 7.78. The van der Waals surface area contributed by atoms with E-state index in [0.717, 1.165) is 29.8 Å². The normalized spacial score (nSPS) is 21.4. The summed E-state index contributed by atoms with van der Waals surface area (Å²) in [6.45, 7) is 4.15. The number of nitrogens with one attached hydrogen (secondary N) is 2. The van der Waals surface area contributed by atoms with Crippen LogP contribution in [0.25, 0.3) is 11.0 Å². The third-order valence-electron chi connectivity index (χ3n) is 4.22. The SMILES string of the molecule is CCc1nc2ccccc2n1CC(=O)NCC1CNCC1O. The van der Waals surface area contributed by atoms with Crippen LogP contribution in [0.3, 0.4) is 0 Å². The second-order valence-corrected chi connectivity index (χ2v) is 5.75. The largest absolute Gasteiger partial charge is 0.391 e. The maximum Gasteiger partial charge on any atom is 0.240 e. The van der Waals surface area contributed by atoms with Crippen molar-refractivity contribution in [3.63, 3.8) is 0 Å². The molecule has 2 heterocycles. The number of aliphatic hydroxyl groups excluding tert-OH is 1. The number of imidazole rings is 1. The van der Waals surface area contributed by atoms with Crippen LogP contribution in [0.15, 0.2) is 24.3 Å². The first-order valence-electron chi connectivity index (χ1n) is 7.78. The van der Waals surface area contributed by atoms with Gasteiger partial charge in [-0.15, -0.1) is 0 Å². The summed E-state index contributed by atoms with van der Waals surface area (Å²) in [7, 11) is 0. The molecule has 2 aromatic rings. The van der Waals surface area contributed by atoms with E-state index in [0.29, 0.717) is 13.1 Å². The zero-order valence-electron chi connectivity index (χ0n) is 12.7. The molecule has 0 spiro atoms. The summed E-state index contributed by atoms with van der Waals surface area (Å²) >= 11 is 0. The van der Waals surface area contributed by atoms with Crippen LogP contribution in [0.1, 0.15) is 12.7 Å². The molecule has 22 heavy (non-hydrogen) atoms. The number of fused-ring (bicyclic) bond motifs is 1. The highest BCUT2D eigenvalue weighted by molar-refractivity contribution is 5.81. The molecule has 1 aliphatic heterocycles. The molecule has 1 aliphatic rings. The third kappa shape index (κ3) is 2.98. The zero-order chi connectivity index (χ0) is 15.5. The zero-order valence-corrected chi connectivity index (χ0v) is 12.7. The fraction of sp³-hybridized carbons (Fsp3) is 0.500. The highest BCUT2D eigenvalue weighted by Crippen LogP contribution is 2.16. The first-order chi connectivity index (χ1) is 10.7. The number of aromatic nitrogens is 2. The number of rotatable bonds is 5. The Labute approximate surface area is 129 Å². The molecule has 118 valence electrons. The van der Waals surface area contributed by atoms with Gasteiger partial charge < -0.3 is 20.3 Å². The number of aryl methyl sites for hydroxylation is 1. The Kier molecular flexibility index (Phi) is 4.40. The number of amides is 1. The summed E-state index contributed by atoms with van der Waals surface area (Å²) in [5, 5.41) is 15.8. The van der Waals surface area contributed by atoms with Gasteiger partial charge in [0.2, 0.25) is 5.91 Å². The van der Waals surface area contributed by atoms with Gasteiger partial charge in [-0.25, -0.2) is 4.98 Å². The molecule has 1 aromatic carbocycles. The van der Waals surface area contributed by atoms with Crippen LogP contribution >= 0.6 is 0 Å². The first kappa shape index (κ1) is 15.0. The Morgan fingerprint density at radius 2 is 2.27 bits per heavy atom. The number of carbonyl (C=O) groups excluding carboxylic acids is 1. The highest BCUT2D eigenvalue weighted by atomic mass is 16.3. The maximum atomic E-state index is 12.2. The molecule has 1 saturated heterocycles. The predicted octanol–water partition coefficient (Wildman–Crippen LogP) is 0.295. The van der Waals surface area contributed by atoms with E-state index >= 15 is 0 Å². The Bertz CT molecular complexity index is 667. The van der Waals surface area contributed by atoms with Gasteiger partial charge in [0.15, 0.2) is 0 Å². The number of benzene rings is 1. The lowest BCUT2D eigenvalue weighted by molar-refractivity contribution is -0.121. The molecule has 1 aromatic heterocycles. The Morgan fingerprint density at radius 3 is 3.00 bits per heavy atom. The van der Waals surface area contributed by atoms with Crippen LogP contribution in [0.4, 0.5) is 0 Å². The topological polar surface area (TPSA) is 79.2 Å². The van der Waals surface area contributed by atoms with E-state index in [4.69, 9.17) is 0 Å². The average molecular weight is 302 g/mol. The van der Waals surface area contributed by atoms with Crippen molar-refractivity contribution >= 4 is 16.9 Å². The van der Waals surface area contributed by atoms with E-state index in [1.165, 1.54) is 0 Å². The van der Waals surface area contributed by atoms with Gasteiger partial charge in [0.1, 0.15) is 12.4 Å². The molecule has 2 unspecified atom stereocenters. The van der Waals surface area contributed by atoms with Crippen LogP contribution in [0, 0.1) is 5.92 Å². The molecular formula is C16H22N4O2. The minimum absolute atomic E-state index is 0.0445. The van der Waals surface area contributed by atoms with Crippen LogP contribution in [-0.4, -0.2) is 46.3 Å². The van der Waals surface area contributed by atoms with Crippen molar-refractivity contribution in [3.05, 3.63) is 30.1 Å². The second kappa shape index (κ2) is 6.46. The minimum Gasteiger partial charge on any atom is -0.391 e. The van der Waals surface area contributed by atoms with Crippen molar-refractivity contribution in [1.82, 2.24) is 20.2 Å². The van der Waals surface area contributed by atoms with Crippen LogP contribution in [-0.2, 0) is 17.8 Å². The van der Waals surface area contributed by atoms with Crippen molar-refractivity contribution in [3.8, 4) is 0 Å². The molecule has 3 N–H and O–H groups in total. The predicted molar refractivity (Wildman–Crippen MR) is 84.5 cm³/mol. The standard InChI is InChI=1S/C16H22N4O2/c1-2-15-19-12-5-3-4-6-13(12)20(15)10-16(22)18-8-11-7-17-9-14(11)21/h3-6,11,14,17,21H,2,7-10H2,1H3,(H,18,22). The van der Waals surface area contributed by atoms with Crippen molar-refractivity contribution in [2.45, 2.75) is 26.0 Å². The van der Waals surface area contributed by atoms with Gasteiger partial charge in [0.25, 0.3) is 0 Å². The van der Waals surface area contributed by atoms with Crippen LogP contribution in [0.2, 0.25) is 0 Å². The highest BCUT2D eigenvalue weighted by Gasteiger charge is 2.25. The average Bonchev–Trinajstić information content (AvgIpc) is 3.09. The fourth-order valence-corrected chi connectivity index (χ4v) is 2.94. The lowest BCUT2D eigenvalue weighted by Gasteiger charge is -2.15. The van der Waals surface area contributed by atoms with Crippen molar-refractivity contribution in [2.75, 3.05) is 19.6 Å². The number of aliphatic hydroxyl groups is 1. The van der Waals surface area contributed by atoms with Gasteiger partial charge in [-0.2, -0.15) is 0 Å². The molecule has 2 atom stereocenters. The monoisotopic (exact) mass is 302 g/mol. The molecule has 0 radical (unpaired) electrons. The number of β-amino-alcohol motifs (C(OH)–C–C–N with tert-alkyl or cyclic N) is 1. The summed E-state index contributed by atoms with van der Waals surface area (Å²) in [6, 6.07) is 7.86. The fourth-order valence-electron chi connectivity index (χ4n) is 2.94. The molecule has 0 saturated carbocycles. The third-order valence-corrected chi connectivity index (χ3v) is 4.22. The van der Waals surface area contributed by atoms with Gasteiger partial charge in [0.05, 0.1) is 17.1 Å². The van der Waals surface area contributed by atoms with Gasteiger partial charge >= 0.3 is 0 Å². The van der Waals surface area contributed by atoms with Crippen molar-refractivity contribution in [2.24, 2.45) is 5.92 Å². The molecule has 0 bridgehead atoms. The van der Waals surface area contributed by atoms with Crippen LogP contribution < -0.4 is 10.6 Å². The molecule has 3 rings (SSSR count). The van der Waals surface area contributed by atoms with Crippen molar-refractivity contribution < 1.29 is 9.90 Å². The smallest absolute Gasteiger partial charge is 0.240 e. The molecule has 1 amide bonds. The van der Waals surface area contributed by atoms with E-state index < -0.39 is 0 Å². The van der Waals surface area contributed by atoms with Gasteiger partial charge in [0, 0.05) is 32.0 Å². The second-order valence-electron chi connectivity index (χ2n) is 5.75. The van der Waals surface area contributed by atoms with Gasteiger partial charge in [-0.1, -0.05) is 19.1 Å². The van der Waals surface area contributed by atoms with E-state index in [1.54, 1.807) is 0 Å². The van der Waals surface area contributed by atoms with Crippen LogP contribution in [0.5, 0.6) is 0 Å². The molecule has 6 heteroatoms. The maximum absolute atomic E-state index is 12.2. The Hall–Kier alpha value is -1.92. The number of para-hydroxylation sites is 2. The number of carbonyl (C=O) groups is 1. The lowest BCUT2D eigenvalue weighted by atomic mass is 10.1. The molecule has 6 nitrogen and oxygen atoms in total. The lowest BCUT2D eigenvalue weighted by Crippen LogP contribution is -2.36. The molecular weight excluding hydrogens is 280 g/mol. The number of hydrogen-bond donors (Lipinski definition) is 3. The number of hydrogen-bond acceptors (Lipinski definition) is 4. The molecule has 0 aliphatic carbocycles. The Morgan fingerprint density at radius 1 is 1.45 bits per heavy atom. The Balaban J connectivity index is 1.68. The van der Waals surface area contributed by atoms with E-state index in [9.17, 15) is 9.90 Å². The van der Waals surface area contributed by atoms with E-state index in [-0.39, 0.29) is 24.5 Å². The van der Waals surface area contributed by atoms with Gasteiger partial charge in [-0.3, -0.25) is 4.79 Å². The minimum atomic E-state index is -0.374. The number of nitrogens with zero attached hydrogens (tertiary/aromatic N) is 2. The quantitative estimate of drug-likeness (QED) is 0.742. The summed E-state index contributed by atoms with van der Waals surface area (Å²) in [5.74, 6) is 0.963. The van der Waals surface area contributed by atoms with E-state index in [1.807, 2.05) is 35.8 Å². The summed E-state index contributed by atoms with van der Waals surface area (Å²) < 4.78 is 1.97.